The Morgan fingerprint density at radius 1 is 1.42 bits per heavy atom. The van der Waals surface area contributed by atoms with Crippen LogP contribution in [0.3, 0.4) is 0 Å². The van der Waals surface area contributed by atoms with Crippen LogP contribution in [-0.2, 0) is 6.61 Å². The maximum absolute atomic E-state index is 10.3. The van der Waals surface area contributed by atoms with Gasteiger partial charge in [0.2, 0.25) is 0 Å². The summed E-state index contributed by atoms with van der Waals surface area (Å²) in [5.41, 5.74) is 2.20. The quantitative estimate of drug-likeness (QED) is 0.756. The molecule has 0 aromatic carbocycles. The molecule has 0 unspecified atom stereocenters. The lowest BCUT2D eigenvalue weighted by molar-refractivity contribution is 0.163. The molecule has 0 aliphatic carbocycles. The molecule has 5 nitrogen and oxygen atoms in total. The van der Waals surface area contributed by atoms with Crippen LogP contribution in [0.4, 0.5) is 0 Å². The monoisotopic (exact) mass is 265 g/mol. The molecule has 1 aliphatic rings. The van der Waals surface area contributed by atoms with Gasteiger partial charge in [0.15, 0.2) is 0 Å². The molecular weight excluding hydrogens is 242 g/mol. The molecule has 0 bridgehead atoms. The summed E-state index contributed by atoms with van der Waals surface area (Å²) >= 11 is 0. The van der Waals surface area contributed by atoms with Crippen molar-refractivity contribution in [2.75, 3.05) is 26.2 Å². The van der Waals surface area contributed by atoms with Crippen LogP contribution in [0.25, 0.3) is 0 Å². The number of hydrogen-bond acceptors (Lipinski definition) is 5. The van der Waals surface area contributed by atoms with E-state index in [9.17, 15) is 10.2 Å². The Kier molecular flexibility index (Phi) is 4.74. The highest BCUT2D eigenvalue weighted by Crippen LogP contribution is 2.35. The highest BCUT2D eigenvalue weighted by atomic mass is 16.3. The predicted molar refractivity (Wildman–Crippen MR) is 74.0 cm³/mol. The second kappa shape index (κ2) is 6.32. The Morgan fingerprint density at radius 2 is 2.11 bits per heavy atom. The van der Waals surface area contributed by atoms with Gasteiger partial charge in [0.25, 0.3) is 0 Å². The maximum Gasteiger partial charge on any atom is 0.141 e. The number of piperazine rings is 1. The fourth-order valence-electron chi connectivity index (χ4n) is 2.79. The number of aliphatic hydroxyl groups excluding tert-OH is 1. The summed E-state index contributed by atoms with van der Waals surface area (Å²) in [5, 5.41) is 23.2. The van der Waals surface area contributed by atoms with E-state index in [1.54, 1.807) is 13.1 Å². The van der Waals surface area contributed by atoms with Gasteiger partial charge in [0.05, 0.1) is 12.3 Å². The van der Waals surface area contributed by atoms with Crippen molar-refractivity contribution in [3.8, 4) is 5.75 Å². The standard InChI is InChI=1S/C14H23N3O2/c1-3-12(17-6-4-15-5-7-17)13-11(9-18)8-16-10(2)14(13)19/h8,12,15,18-19H,3-7,9H2,1-2H3/t12-/m0/s1. The maximum atomic E-state index is 10.3. The van der Waals surface area contributed by atoms with E-state index >= 15 is 0 Å². The van der Waals surface area contributed by atoms with Crippen molar-refractivity contribution in [2.45, 2.75) is 32.9 Å². The minimum absolute atomic E-state index is 0.0846. The van der Waals surface area contributed by atoms with Crippen molar-refractivity contribution in [3.63, 3.8) is 0 Å². The molecule has 0 saturated carbocycles. The summed E-state index contributed by atoms with van der Waals surface area (Å²) in [6.45, 7) is 7.69. The van der Waals surface area contributed by atoms with Crippen molar-refractivity contribution in [3.05, 3.63) is 23.0 Å². The van der Waals surface area contributed by atoms with Gasteiger partial charge in [-0.2, -0.15) is 0 Å². The molecule has 0 spiro atoms. The Hall–Kier alpha value is -1.17. The Balaban J connectivity index is 2.38. The van der Waals surface area contributed by atoms with Crippen LogP contribution in [0, 0.1) is 6.92 Å². The zero-order valence-electron chi connectivity index (χ0n) is 11.7. The summed E-state index contributed by atoms with van der Waals surface area (Å²) in [6.07, 6.45) is 2.58. The smallest absolute Gasteiger partial charge is 0.141 e. The average Bonchev–Trinajstić information content (AvgIpc) is 2.45. The van der Waals surface area contributed by atoms with Crippen molar-refractivity contribution in [2.24, 2.45) is 0 Å². The number of aryl methyl sites for hydroxylation is 1. The first-order valence-corrected chi connectivity index (χ1v) is 6.92. The normalized spacial score (nSPS) is 18.5. The van der Waals surface area contributed by atoms with E-state index < -0.39 is 0 Å². The van der Waals surface area contributed by atoms with E-state index in [2.05, 4.69) is 22.1 Å². The Morgan fingerprint density at radius 3 is 2.68 bits per heavy atom. The number of pyridine rings is 1. The summed E-state index contributed by atoms with van der Waals surface area (Å²) in [4.78, 5) is 6.50. The number of aromatic hydroxyl groups is 1. The van der Waals surface area contributed by atoms with Crippen LogP contribution < -0.4 is 5.32 Å². The molecule has 106 valence electrons. The first-order valence-electron chi connectivity index (χ1n) is 6.92. The summed E-state index contributed by atoms with van der Waals surface area (Å²) in [5.74, 6) is 0.233. The molecule has 1 aliphatic heterocycles. The van der Waals surface area contributed by atoms with E-state index in [-0.39, 0.29) is 18.4 Å². The Bertz CT molecular complexity index is 431. The lowest BCUT2D eigenvalue weighted by atomic mass is 9.96. The van der Waals surface area contributed by atoms with E-state index in [1.807, 2.05) is 0 Å². The molecule has 2 rings (SSSR count). The average molecular weight is 265 g/mol. The number of hydrogen-bond donors (Lipinski definition) is 3. The highest BCUT2D eigenvalue weighted by Gasteiger charge is 2.26. The molecule has 1 saturated heterocycles. The highest BCUT2D eigenvalue weighted by molar-refractivity contribution is 5.43. The number of aliphatic hydroxyl groups is 1. The zero-order valence-corrected chi connectivity index (χ0v) is 11.7. The van der Waals surface area contributed by atoms with E-state index in [0.29, 0.717) is 5.69 Å². The molecule has 2 heterocycles. The summed E-state index contributed by atoms with van der Waals surface area (Å²) in [6, 6.07) is 0.144. The van der Waals surface area contributed by atoms with Gasteiger partial charge in [-0.1, -0.05) is 6.92 Å². The van der Waals surface area contributed by atoms with Gasteiger partial charge in [-0.05, 0) is 13.3 Å². The number of nitrogens with zero attached hydrogens (tertiary/aromatic N) is 2. The van der Waals surface area contributed by atoms with E-state index in [4.69, 9.17) is 0 Å². The van der Waals surface area contributed by atoms with Crippen LogP contribution in [-0.4, -0.2) is 46.3 Å². The lowest BCUT2D eigenvalue weighted by Gasteiger charge is -2.35. The summed E-state index contributed by atoms with van der Waals surface area (Å²) < 4.78 is 0. The molecule has 1 atom stereocenters. The van der Waals surface area contributed by atoms with Crippen molar-refractivity contribution in [1.82, 2.24) is 15.2 Å². The topological polar surface area (TPSA) is 68.6 Å². The first kappa shape index (κ1) is 14.2. The molecule has 0 amide bonds. The van der Waals surface area contributed by atoms with Gasteiger partial charge in [0, 0.05) is 49.5 Å². The molecular formula is C14H23N3O2. The first-order chi connectivity index (χ1) is 9.19. The fraction of sp³-hybridized carbons (Fsp3) is 0.643. The van der Waals surface area contributed by atoms with E-state index in [0.717, 1.165) is 43.7 Å². The molecule has 1 aromatic rings. The second-order valence-corrected chi connectivity index (χ2v) is 5.00. The Labute approximate surface area is 114 Å². The largest absolute Gasteiger partial charge is 0.506 e. The molecule has 3 N–H and O–H groups in total. The van der Waals surface area contributed by atoms with Gasteiger partial charge < -0.3 is 15.5 Å². The fourth-order valence-corrected chi connectivity index (χ4v) is 2.79. The molecule has 19 heavy (non-hydrogen) atoms. The van der Waals surface area contributed by atoms with Gasteiger partial charge in [-0.15, -0.1) is 0 Å². The van der Waals surface area contributed by atoms with Gasteiger partial charge in [0.1, 0.15) is 5.75 Å². The number of aromatic nitrogens is 1. The summed E-state index contributed by atoms with van der Waals surface area (Å²) in [7, 11) is 0. The third kappa shape index (κ3) is 2.88. The molecule has 1 aromatic heterocycles. The lowest BCUT2D eigenvalue weighted by Crippen LogP contribution is -2.45. The van der Waals surface area contributed by atoms with Crippen LogP contribution in [0.15, 0.2) is 6.20 Å². The van der Waals surface area contributed by atoms with Crippen LogP contribution in [0.2, 0.25) is 0 Å². The third-order valence-electron chi connectivity index (χ3n) is 3.84. The molecule has 0 radical (unpaired) electrons. The van der Waals surface area contributed by atoms with Crippen LogP contribution >= 0.6 is 0 Å². The number of rotatable bonds is 4. The third-order valence-corrected chi connectivity index (χ3v) is 3.84. The van der Waals surface area contributed by atoms with Crippen molar-refractivity contribution < 1.29 is 10.2 Å². The SMILES string of the molecule is CC[C@@H](c1c(CO)cnc(C)c1O)N1CCNCC1. The zero-order chi connectivity index (χ0) is 13.8. The van der Waals surface area contributed by atoms with Crippen LogP contribution in [0.5, 0.6) is 5.75 Å². The van der Waals surface area contributed by atoms with Gasteiger partial charge >= 0.3 is 0 Å². The van der Waals surface area contributed by atoms with Crippen molar-refractivity contribution in [1.29, 1.82) is 0 Å². The number of nitrogens with one attached hydrogen (secondary N) is 1. The van der Waals surface area contributed by atoms with Crippen LogP contribution in [0.1, 0.15) is 36.2 Å². The predicted octanol–water partition coefficient (Wildman–Crippen LogP) is 0.944. The van der Waals surface area contributed by atoms with Gasteiger partial charge in [-0.25, -0.2) is 0 Å². The molecule has 5 heteroatoms. The van der Waals surface area contributed by atoms with Crippen molar-refractivity contribution >= 4 is 0 Å². The van der Waals surface area contributed by atoms with Gasteiger partial charge in [-0.3, -0.25) is 9.88 Å². The minimum Gasteiger partial charge on any atom is -0.506 e. The minimum atomic E-state index is -0.0846. The second-order valence-electron chi connectivity index (χ2n) is 5.00. The molecule has 1 fully saturated rings. The van der Waals surface area contributed by atoms with E-state index in [1.165, 1.54) is 0 Å².